The van der Waals surface area contributed by atoms with E-state index in [1.54, 1.807) is 24.3 Å². The van der Waals surface area contributed by atoms with Crippen LogP contribution in [-0.2, 0) is 0 Å². The van der Waals surface area contributed by atoms with Gasteiger partial charge in [0.25, 0.3) is 5.91 Å². The fourth-order valence-corrected chi connectivity index (χ4v) is 2.09. The molecule has 23 heavy (non-hydrogen) atoms. The van der Waals surface area contributed by atoms with Gasteiger partial charge in [0.15, 0.2) is 11.5 Å². The van der Waals surface area contributed by atoms with Crippen molar-refractivity contribution in [1.29, 1.82) is 0 Å². The van der Waals surface area contributed by atoms with Crippen LogP contribution in [0, 0.1) is 6.92 Å². The molecule has 0 aliphatic rings. The number of carbonyl (C=O) groups excluding carboxylic acids is 1. The number of rotatable bonds is 7. The quantitative estimate of drug-likeness (QED) is 0.779. The molecule has 120 valence electrons. The van der Waals surface area contributed by atoms with Crippen molar-refractivity contribution in [2.75, 3.05) is 18.5 Å². The summed E-state index contributed by atoms with van der Waals surface area (Å²) < 4.78 is 11.1. The van der Waals surface area contributed by atoms with Crippen LogP contribution in [0.2, 0.25) is 0 Å². The Morgan fingerprint density at radius 2 is 1.96 bits per heavy atom. The van der Waals surface area contributed by atoms with Crippen molar-refractivity contribution in [3.8, 4) is 11.5 Å². The van der Waals surface area contributed by atoms with Crippen LogP contribution < -0.4 is 14.8 Å². The molecule has 0 aliphatic heterocycles. The van der Waals surface area contributed by atoms with Gasteiger partial charge in [-0.05, 0) is 43.7 Å². The smallest absolute Gasteiger partial charge is 0.255 e. The molecule has 0 aromatic heterocycles. The van der Waals surface area contributed by atoms with Crippen molar-refractivity contribution in [1.82, 2.24) is 0 Å². The lowest BCUT2D eigenvalue weighted by Crippen LogP contribution is -2.13. The molecule has 0 saturated heterocycles. The van der Waals surface area contributed by atoms with Gasteiger partial charge in [0.2, 0.25) is 0 Å². The molecule has 0 fully saturated rings. The molecule has 4 nitrogen and oxygen atoms in total. The van der Waals surface area contributed by atoms with Gasteiger partial charge in [-0.1, -0.05) is 30.9 Å². The number of benzene rings is 2. The third-order valence-electron chi connectivity index (χ3n) is 3.26. The standard InChI is InChI=1S/C19H21NO3/c1-4-12-23-17-11-10-15(13-18(17)22-5-2)19(21)20-16-9-7-6-8-14(16)3/h4,6-11,13H,1,5,12H2,2-3H3,(H,20,21). The summed E-state index contributed by atoms with van der Waals surface area (Å²) in [4.78, 5) is 12.4. The number of amides is 1. The number of aryl methyl sites for hydroxylation is 1. The van der Waals surface area contributed by atoms with Crippen LogP contribution in [0.4, 0.5) is 5.69 Å². The zero-order chi connectivity index (χ0) is 16.7. The maximum absolute atomic E-state index is 12.4. The van der Waals surface area contributed by atoms with Gasteiger partial charge >= 0.3 is 0 Å². The normalized spacial score (nSPS) is 10.0. The van der Waals surface area contributed by atoms with Crippen LogP contribution >= 0.6 is 0 Å². The molecule has 0 radical (unpaired) electrons. The van der Waals surface area contributed by atoms with E-state index in [-0.39, 0.29) is 5.91 Å². The molecule has 2 aromatic rings. The minimum Gasteiger partial charge on any atom is -0.490 e. The Kier molecular flexibility index (Phi) is 5.80. The number of carbonyl (C=O) groups is 1. The topological polar surface area (TPSA) is 47.6 Å². The summed E-state index contributed by atoms with van der Waals surface area (Å²) in [5.41, 5.74) is 2.32. The van der Waals surface area contributed by atoms with Crippen molar-refractivity contribution in [3.63, 3.8) is 0 Å². The maximum Gasteiger partial charge on any atom is 0.255 e. The largest absolute Gasteiger partial charge is 0.490 e. The summed E-state index contributed by atoms with van der Waals surface area (Å²) in [5.74, 6) is 0.960. The first-order chi connectivity index (χ1) is 11.2. The molecule has 2 aromatic carbocycles. The van der Waals surface area contributed by atoms with Crippen molar-refractivity contribution in [3.05, 3.63) is 66.2 Å². The van der Waals surface area contributed by atoms with E-state index in [0.29, 0.717) is 30.3 Å². The highest BCUT2D eigenvalue weighted by atomic mass is 16.5. The number of anilines is 1. The Morgan fingerprint density at radius 3 is 2.65 bits per heavy atom. The number of hydrogen-bond donors (Lipinski definition) is 1. The van der Waals surface area contributed by atoms with Crippen LogP contribution in [0.1, 0.15) is 22.8 Å². The van der Waals surface area contributed by atoms with Crippen LogP contribution in [0.25, 0.3) is 0 Å². The molecular weight excluding hydrogens is 290 g/mol. The highest BCUT2D eigenvalue weighted by Gasteiger charge is 2.12. The summed E-state index contributed by atoms with van der Waals surface area (Å²) in [7, 11) is 0. The van der Waals surface area contributed by atoms with Crippen LogP contribution in [0.5, 0.6) is 11.5 Å². The SMILES string of the molecule is C=CCOc1ccc(C(=O)Nc2ccccc2C)cc1OCC. The summed E-state index contributed by atoms with van der Waals surface area (Å²) >= 11 is 0. The number of ether oxygens (including phenoxy) is 2. The average molecular weight is 311 g/mol. The van der Waals surface area contributed by atoms with Crippen LogP contribution in [0.15, 0.2) is 55.1 Å². The fourth-order valence-electron chi connectivity index (χ4n) is 2.09. The van der Waals surface area contributed by atoms with E-state index in [1.807, 2.05) is 38.1 Å². The summed E-state index contributed by atoms with van der Waals surface area (Å²) in [6.07, 6.45) is 1.66. The van der Waals surface area contributed by atoms with Gasteiger partial charge in [-0.2, -0.15) is 0 Å². The summed E-state index contributed by atoms with van der Waals surface area (Å²) in [6, 6.07) is 12.8. The molecule has 0 atom stereocenters. The van der Waals surface area contributed by atoms with Crippen LogP contribution in [-0.4, -0.2) is 19.1 Å². The van der Waals surface area contributed by atoms with E-state index >= 15 is 0 Å². The van der Waals surface area contributed by atoms with Crippen LogP contribution in [0.3, 0.4) is 0 Å². The van der Waals surface area contributed by atoms with Crippen molar-refractivity contribution in [2.45, 2.75) is 13.8 Å². The lowest BCUT2D eigenvalue weighted by molar-refractivity contribution is 0.102. The van der Waals surface area contributed by atoms with E-state index in [0.717, 1.165) is 11.3 Å². The van der Waals surface area contributed by atoms with Crippen molar-refractivity contribution in [2.24, 2.45) is 0 Å². The molecule has 1 amide bonds. The van der Waals surface area contributed by atoms with E-state index in [1.165, 1.54) is 0 Å². The number of nitrogens with one attached hydrogen (secondary N) is 1. The fraction of sp³-hybridized carbons (Fsp3) is 0.211. The zero-order valence-electron chi connectivity index (χ0n) is 13.5. The predicted octanol–water partition coefficient (Wildman–Crippen LogP) is 4.21. The molecule has 0 bridgehead atoms. The Bertz CT molecular complexity index is 695. The molecule has 0 aliphatic carbocycles. The number of para-hydroxylation sites is 1. The second-order valence-corrected chi connectivity index (χ2v) is 4.96. The predicted molar refractivity (Wildman–Crippen MR) is 92.4 cm³/mol. The Labute approximate surface area is 136 Å². The molecule has 2 rings (SSSR count). The lowest BCUT2D eigenvalue weighted by Gasteiger charge is -2.13. The molecule has 4 heteroatoms. The van der Waals surface area contributed by atoms with Crippen molar-refractivity contribution < 1.29 is 14.3 Å². The Balaban J connectivity index is 2.21. The lowest BCUT2D eigenvalue weighted by atomic mass is 10.1. The highest BCUT2D eigenvalue weighted by molar-refractivity contribution is 6.05. The molecule has 0 unspecified atom stereocenters. The summed E-state index contributed by atoms with van der Waals surface area (Å²) in [5, 5.41) is 2.91. The van der Waals surface area contributed by atoms with Gasteiger partial charge in [-0.3, -0.25) is 4.79 Å². The third kappa shape index (κ3) is 4.36. The Morgan fingerprint density at radius 1 is 1.17 bits per heavy atom. The molecule has 1 N–H and O–H groups in total. The molecule has 0 heterocycles. The van der Waals surface area contributed by atoms with Gasteiger partial charge in [-0.15, -0.1) is 0 Å². The van der Waals surface area contributed by atoms with Gasteiger partial charge in [0.05, 0.1) is 6.61 Å². The van der Waals surface area contributed by atoms with E-state index in [4.69, 9.17) is 9.47 Å². The monoisotopic (exact) mass is 311 g/mol. The zero-order valence-corrected chi connectivity index (χ0v) is 13.5. The maximum atomic E-state index is 12.4. The molecule has 0 spiro atoms. The van der Waals surface area contributed by atoms with Gasteiger partial charge < -0.3 is 14.8 Å². The van der Waals surface area contributed by atoms with E-state index in [2.05, 4.69) is 11.9 Å². The minimum absolute atomic E-state index is 0.185. The van der Waals surface area contributed by atoms with E-state index in [9.17, 15) is 4.79 Å². The third-order valence-corrected chi connectivity index (χ3v) is 3.26. The second-order valence-electron chi connectivity index (χ2n) is 4.96. The average Bonchev–Trinajstić information content (AvgIpc) is 2.56. The minimum atomic E-state index is -0.185. The van der Waals surface area contributed by atoms with E-state index < -0.39 is 0 Å². The van der Waals surface area contributed by atoms with Gasteiger partial charge in [0.1, 0.15) is 6.61 Å². The van der Waals surface area contributed by atoms with Crippen molar-refractivity contribution >= 4 is 11.6 Å². The first-order valence-corrected chi connectivity index (χ1v) is 7.53. The van der Waals surface area contributed by atoms with Gasteiger partial charge in [0, 0.05) is 11.3 Å². The number of hydrogen-bond acceptors (Lipinski definition) is 3. The highest BCUT2D eigenvalue weighted by Crippen LogP contribution is 2.29. The second kappa shape index (κ2) is 8.03. The first kappa shape index (κ1) is 16.6. The summed E-state index contributed by atoms with van der Waals surface area (Å²) in [6.45, 7) is 8.34. The molecular formula is C19H21NO3. The van der Waals surface area contributed by atoms with Gasteiger partial charge in [-0.25, -0.2) is 0 Å². The first-order valence-electron chi connectivity index (χ1n) is 7.53. The Hall–Kier alpha value is -2.75. The molecule has 0 saturated carbocycles.